The number of sulfonamides is 1. The summed E-state index contributed by atoms with van der Waals surface area (Å²) in [6, 6.07) is 7.73. The molecule has 0 saturated carbocycles. The summed E-state index contributed by atoms with van der Waals surface area (Å²) >= 11 is 8.99. The van der Waals surface area contributed by atoms with E-state index in [4.69, 9.17) is 21.8 Å². The molecule has 1 aromatic carbocycles. The second-order valence-electron chi connectivity index (χ2n) is 4.15. The molecule has 2 aromatic rings. The summed E-state index contributed by atoms with van der Waals surface area (Å²) in [7, 11) is -2.28. The molecule has 0 atom stereocenters. The maximum Gasteiger partial charge on any atom is 0.245 e. The van der Waals surface area contributed by atoms with Gasteiger partial charge >= 0.3 is 0 Å². The Bertz CT molecular complexity index is 730. The van der Waals surface area contributed by atoms with Crippen LogP contribution in [0.25, 0.3) is 0 Å². The fourth-order valence-electron chi connectivity index (χ4n) is 1.64. The Balaban J connectivity index is 2.32. The van der Waals surface area contributed by atoms with E-state index in [9.17, 15) is 8.42 Å². The molecule has 108 valence electrons. The van der Waals surface area contributed by atoms with Gasteiger partial charge in [0.1, 0.15) is 10.7 Å². The zero-order chi connectivity index (χ0) is 14.9. The number of nitrogens with two attached hydrogens (primary N) is 1. The third-order valence-electron chi connectivity index (χ3n) is 2.67. The lowest BCUT2D eigenvalue weighted by Crippen LogP contribution is -2.27. The first kappa shape index (κ1) is 15.4. The molecular weight excluding hydrogens is 368 g/mol. The van der Waals surface area contributed by atoms with Gasteiger partial charge in [-0.3, -0.25) is 0 Å². The molecule has 1 heterocycles. The van der Waals surface area contributed by atoms with Crippen LogP contribution in [0.15, 0.2) is 44.3 Å². The third-order valence-corrected chi connectivity index (χ3v) is 5.19. The molecular formula is C12H12BrClN2O3S. The van der Waals surface area contributed by atoms with Crippen LogP contribution >= 0.6 is 27.5 Å². The number of halogens is 2. The first-order valence-electron chi connectivity index (χ1n) is 5.56. The molecule has 0 aliphatic rings. The van der Waals surface area contributed by atoms with E-state index in [1.165, 1.54) is 19.2 Å². The number of benzene rings is 1. The Morgan fingerprint density at radius 1 is 1.35 bits per heavy atom. The van der Waals surface area contributed by atoms with Crippen LogP contribution in [-0.2, 0) is 16.6 Å². The van der Waals surface area contributed by atoms with Crippen molar-refractivity contribution in [2.75, 3.05) is 12.8 Å². The summed E-state index contributed by atoms with van der Waals surface area (Å²) in [5.74, 6) is 0.517. The Morgan fingerprint density at radius 2 is 2.05 bits per heavy atom. The van der Waals surface area contributed by atoms with Crippen LogP contribution in [-0.4, -0.2) is 19.8 Å². The number of nitrogen functional groups attached to an aromatic ring is 1. The van der Waals surface area contributed by atoms with Crippen LogP contribution in [0.4, 0.5) is 5.69 Å². The second-order valence-corrected chi connectivity index (χ2v) is 7.38. The lowest BCUT2D eigenvalue weighted by molar-refractivity contribution is 0.399. The number of nitrogens with zero attached hydrogens (tertiary/aromatic N) is 1. The lowest BCUT2D eigenvalue weighted by Gasteiger charge is -2.17. The summed E-state index contributed by atoms with van der Waals surface area (Å²) in [6.07, 6.45) is 0. The average Bonchev–Trinajstić information content (AvgIpc) is 2.77. The summed E-state index contributed by atoms with van der Waals surface area (Å²) in [6.45, 7) is 0.0971. The highest BCUT2D eigenvalue weighted by atomic mass is 79.9. The average molecular weight is 380 g/mol. The van der Waals surface area contributed by atoms with Gasteiger partial charge in [0, 0.05) is 12.1 Å². The highest BCUT2D eigenvalue weighted by Crippen LogP contribution is 2.26. The molecule has 2 N–H and O–H groups in total. The zero-order valence-electron chi connectivity index (χ0n) is 10.5. The molecule has 0 aliphatic heterocycles. The molecule has 2 rings (SSSR count). The molecule has 5 nitrogen and oxygen atoms in total. The molecule has 0 bridgehead atoms. The van der Waals surface area contributed by atoms with Gasteiger partial charge in [-0.15, -0.1) is 0 Å². The van der Waals surface area contributed by atoms with Gasteiger partial charge in [-0.25, -0.2) is 8.42 Å². The maximum atomic E-state index is 12.5. The normalized spacial score (nSPS) is 12.0. The first-order chi connectivity index (χ1) is 9.30. The van der Waals surface area contributed by atoms with Gasteiger partial charge in [-0.1, -0.05) is 11.6 Å². The molecule has 20 heavy (non-hydrogen) atoms. The smallest absolute Gasteiger partial charge is 0.245 e. The van der Waals surface area contributed by atoms with Crippen molar-refractivity contribution < 1.29 is 12.8 Å². The Hall–Kier alpha value is -1.02. The minimum absolute atomic E-state index is 0.0156. The standard InChI is InChI=1S/C12H12BrClN2O3S/c1-16(7-9-3-5-12(13)19-9)20(17,18)11-6-8(14)2-4-10(11)15/h2-6H,7,15H2,1H3. The van der Waals surface area contributed by atoms with E-state index >= 15 is 0 Å². The highest BCUT2D eigenvalue weighted by Gasteiger charge is 2.24. The van der Waals surface area contributed by atoms with Crippen LogP contribution in [0.2, 0.25) is 5.02 Å². The predicted octanol–water partition coefficient (Wildman–Crippen LogP) is 3.10. The molecule has 0 spiro atoms. The van der Waals surface area contributed by atoms with Gasteiger partial charge in [-0.2, -0.15) is 4.31 Å². The minimum atomic E-state index is -3.73. The van der Waals surface area contributed by atoms with E-state index in [-0.39, 0.29) is 17.1 Å². The van der Waals surface area contributed by atoms with Crippen LogP contribution < -0.4 is 5.73 Å². The molecule has 0 radical (unpaired) electrons. The Labute approximate surface area is 130 Å². The predicted molar refractivity (Wildman–Crippen MR) is 80.9 cm³/mol. The van der Waals surface area contributed by atoms with E-state index < -0.39 is 10.0 Å². The Kier molecular flexibility index (Phi) is 4.43. The van der Waals surface area contributed by atoms with Crippen LogP contribution in [0.5, 0.6) is 0 Å². The quantitative estimate of drug-likeness (QED) is 0.828. The molecule has 0 aliphatic carbocycles. The van der Waals surface area contributed by atoms with E-state index in [1.807, 2.05) is 0 Å². The first-order valence-corrected chi connectivity index (χ1v) is 8.17. The lowest BCUT2D eigenvalue weighted by atomic mass is 10.3. The molecule has 0 unspecified atom stereocenters. The minimum Gasteiger partial charge on any atom is -0.453 e. The number of anilines is 1. The third kappa shape index (κ3) is 3.17. The Morgan fingerprint density at radius 3 is 2.65 bits per heavy atom. The fraction of sp³-hybridized carbons (Fsp3) is 0.167. The summed E-state index contributed by atoms with van der Waals surface area (Å²) in [4.78, 5) is -0.0156. The summed E-state index contributed by atoms with van der Waals surface area (Å²) in [5, 5.41) is 0.312. The number of furan rings is 1. The topological polar surface area (TPSA) is 76.5 Å². The van der Waals surface area contributed by atoms with Crippen molar-refractivity contribution in [2.24, 2.45) is 0 Å². The van der Waals surface area contributed by atoms with Gasteiger partial charge in [0.2, 0.25) is 10.0 Å². The van der Waals surface area contributed by atoms with Gasteiger partial charge in [0.05, 0.1) is 12.2 Å². The van der Waals surface area contributed by atoms with Crippen molar-refractivity contribution in [3.63, 3.8) is 0 Å². The molecule has 1 aromatic heterocycles. The molecule has 0 saturated heterocycles. The van der Waals surface area contributed by atoms with Gasteiger partial charge < -0.3 is 10.2 Å². The van der Waals surface area contributed by atoms with E-state index in [2.05, 4.69) is 15.9 Å². The van der Waals surface area contributed by atoms with Crippen LogP contribution in [0, 0.1) is 0 Å². The summed E-state index contributed by atoms with van der Waals surface area (Å²) < 4.78 is 31.9. The van der Waals surface area contributed by atoms with E-state index in [0.717, 1.165) is 4.31 Å². The van der Waals surface area contributed by atoms with E-state index in [1.54, 1.807) is 18.2 Å². The second kappa shape index (κ2) is 5.77. The van der Waals surface area contributed by atoms with Gasteiger partial charge in [0.25, 0.3) is 0 Å². The van der Waals surface area contributed by atoms with E-state index in [0.29, 0.717) is 15.5 Å². The highest BCUT2D eigenvalue weighted by molar-refractivity contribution is 9.10. The summed E-state index contributed by atoms with van der Waals surface area (Å²) in [5.41, 5.74) is 5.87. The van der Waals surface area contributed by atoms with Crippen molar-refractivity contribution in [1.82, 2.24) is 4.31 Å². The monoisotopic (exact) mass is 378 g/mol. The fourth-order valence-corrected chi connectivity index (χ4v) is 3.49. The number of rotatable bonds is 4. The zero-order valence-corrected chi connectivity index (χ0v) is 13.7. The van der Waals surface area contributed by atoms with Crippen molar-refractivity contribution in [3.05, 3.63) is 45.8 Å². The van der Waals surface area contributed by atoms with Crippen molar-refractivity contribution in [1.29, 1.82) is 0 Å². The maximum absolute atomic E-state index is 12.5. The number of hydrogen-bond donors (Lipinski definition) is 1. The van der Waals surface area contributed by atoms with Crippen molar-refractivity contribution in [2.45, 2.75) is 11.4 Å². The SMILES string of the molecule is CN(Cc1ccc(Br)o1)S(=O)(=O)c1cc(Cl)ccc1N. The molecule has 0 amide bonds. The van der Waals surface area contributed by atoms with Crippen molar-refractivity contribution >= 4 is 43.2 Å². The molecule has 0 fully saturated rings. The number of hydrogen-bond acceptors (Lipinski definition) is 4. The van der Waals surface area contributed by atoms with Crippen LogP contribution in [0.3, 0.4) is 0 Å². The molecule has 8 heteroatoms. The largest absolute Gasteiger partial charge is 0.453 e. The van der Waals surface area contributed by atoms with Crippen molar-refractivity contribution in [3.8, 4) is 0 Å². The van der Waals surface area contributed by atoms with Gasteiger partial charge in [0.15, 0.2) is 4.67 Å². The van der Waals surface area contributed by atoms with Crippen LogP contribution in [0.1, 0.15) is 5.76 Å². The van der Waals surface area contributed by atoms with Gasteiger partial charge in [-0.05, 0) is 46.3 Å².